The van der Waals surface area contributed by atoms with Crippen molar-refractivity contribution in [3.8, 4) is 11.8 Å². The van der Waals surface area contributed by atoms with Crippen molar-refractivity contribution in [3.05, 3.63) is 18.9 Å². The van der Waals surface area contributed by atoms with E-state index in [2.05, 4.69) is 33.8 Å². The third kappa shape index (κ3) is 2.21. The highest BCUT2D eigenvalue weighted by atomic mass is 16.5. The molecule has 2 unspecified atom stereocenters. The number of nitrogens with zero attached hydrogens (tertiary/aromatic N) is 4. The predicted molar refractivity (Wildman–Crippen MR) is 73.6 cm³/mol. The molecule has 1 radical (unpaired) electrons. The summed E-state index contributed by atoms with van der Waals surface area (Å²) in [7, 11) is 0. The lowest BCUT2D eigenvalue weighted by atomic mass is 10.2. The molecule has 1 aliphatic rings. The van der Waals surface area contributed by atoms with Gasteiger partial charge in [-0.15, -0.1) is 0 Å². The number of aromatic nitrogens is 4. The van der Waals surface area contributed by atoms with Gasteiger partial charge in [-0.2, -0.15) is 5.10 Å². The first-order valence-electron chi connectivity index (χ1n) is 6.37. The normalized spacial score (nSPS) is 25.0. The van der Waals surface area contributed by atoms with E-state index < -0.39 is 18.4 Å². The monoisotopic (exact) mass is 288 g/mol. The summed E-state index contributed by atoms with van der Waals surface area (Å²) in [4.78, 5) is 8.09. The summed E-state index contributed by atoms with van der Waals surface area (Å²) in [6, 6.07) is 0. The lowest BCUT2D eigenvalue weighted by molar-refractivity contribution is -0.0470. The van der Waals surface area contributed by atoms with Gasteiger partial charge in [-0.05, 0) is 5.92 Å². The highest BCUT2D eigenvalue weighted by Gasteiger charge is 2.36. The number of hydrogen-bond donors (Lipinski definition) is 3. The summed E-state index contributed by atoms with van der Waals surface area (Å²) in [6.07, 6.45) is -0.332. The fourth-order valence-electron chi connectivity index (χ4n) is 2.40. The zero-order valence-electron chi connectivity index (χ0n) is 11.1. The first kappa shape index (κ1) is 13.8. The predicted octanol–water partition coefficient (Wildman–Crippen LogP) is -0.765. The van der Waals surface area contributed by atoms with Crippen molar-refractivity contribution in [2.75, 3.05) is 12.3 Å². The number of nitrogens with two attached hydrogens (primary N) is 1. The molecule has 3 atom stereocenters. The van der Waals surface area contributed by atoms with Crippen LogP contribution in [0, 0.1) is 18.8 Å². The minimum absolute atomic E-state index is 0.264. The summed E-state index contributed by atoms with van der Waals surface area (Å²) in [5.74, 6) is 5.54. The third-order valence-electron chi connectivity index (χ3n) is 3.38. The van der Waals surface area contributed by atoms with Gasteiger partial charge in [-0.25, -0.2) is 14.6 Å². The van der Waals surface area contributed by atoms with Gasteiger partial charge in [0.2, 0.25) is 0 Å². The maximum atomic E-state index is 9.84. The van der Waals surface area contributed by atoms with Gasteiger partial charge >= 0.3 is 0 Å². The third-order valence-corrected chi connectivity index (χ3v) is 3.38. The second-order valence-electron chi connectivity index (χ2n) is 4.67. The Hall–Kier alpha value is -2.21. The van der Waals surface area contributed by atoms with Crippen LogP contribution in [0.5, 0.6) is 0 Å². The standard InChI is InChI=1S/C13H14N5O3/c1-2-3-7-11-12(14)15-6-16-13(11)18(17-7)10-4-8(20)9(5-19)21-10/h6,8-10,19-20H,1,4-5H2,(H2,14,15,16)/t8?,9?,10-/m1/s1. The first-order valence-corrected chi connectivity index (χ1v) is 6.37. The lowest BCUT2D eigenvalue weighted by Gasteiger charge is -2.12. The molecular formula is C13H14N5O3. The van der Waals surface area contributed by atoms with Crippen LogP contribution in [0.2, 0.25) is 0 Å². The molecule has 21 heavy (non-hydrogen) atoms. The molecule has 4 N–H and O–H groups in total. The molecule has 0 aliphatic carbocycles. The average Bonchev–Trinajstić information content (AvgIpc) is 3.01. The Balaban J connectivity index is 2.11. The molecule has 8 heteroatoms. The fraction of sp³-hybridized carbons (Fsp3) is 0.385. The molecule has 1 aliphatic heterocycles. The number of aliphatic hydroxyl groups excluding tert-OH is 2. The Bertz CT molecular complexity index is 732. The molecule has 109 valence electrons. The van der Waals surface area contributed by atoms with Gasteiger partial charge in [-0.1, -0.05) is 5.92 Å². The maximum absolute atomic E-state index is 9.84. The summed E-state index contributed by atoms with van der Waals surface area (Å²) in [6.45, 7) is 3.20. The van der Waals surface area contributed by atoms with Gasteiger partial charge in [0.05, 0.1) is 18.1 Å². The van der Waals surface area contributed by atoms with E-state index >= 15 is 0 Å². The van der Waals surface area contributed by atoms with Crippen LogP contribution in [-0.4, -0.2) is 48.8 Å². The van der Waals surface area contributed by atoms with E-state index in [0.29, 0.717) is 23.1 Å². The molecule has 1 saturated heterocycles. The van der Waals surface area contributed by atoms with Crippen molar-refractivity contribution in [1.82, 2.24) is 19.7 Å². The topological polar surface area (TPSA) is 119 Å². The summed E-state index contributed by atoms with van der Waals surface area (Å²) in [5, 5.41) is 23.8. The van der Waals surface area contributed by atoms with Crippen LogP contribution < -0.4 is 5.73 Å². The Morgan fingerprint density at radius 1 is 1.52 bits per heavy atom. The van der Waals surface area contributed by atoms with Crippen molar-refractivity contribution in [2.24, 2.45) is 0 Å². The van der Waals surface area contributed by atoms with Crippen LogP contribution in [0.3, 0.4) is 0 Å². The van der Waals surface area contributed by atoms with E-state index in [1.165, 1.54) is 11.0 Å². The largest absolute Gasteiger partial charge is 0.394 e. The fourth-order valence-corrected chi connectivity index (χ4v) is 2.40. The number of ether oxygens (including phenoxy) is 1. The van der Waals surface area contributed by atoms with Crippen LogP contribution in [-0.2, 0) is 4.74 Å². The average molecular weight is 288 g/mol. The van der Waals surface area contributed by atoms with Crippen LogP contribution in [0.15, 0.2) is 6.33 Å². The highest BCUT2D eigenvalue weighted by molar-refractivity contribution is 5.90. The number of hydrogen-bond acceptors (Lipinski definition) is 7. The van der Waals surface area contributed by atoms with Gasteiger partial charge in [0.1, 0.15) is 23.9 Å². The Morgan fingerprint density at radius 3 is 3.00 bits per heavy atom. The van der Waals surface area contributed by atoms with E-state index in [4.69, 9.17) is 15.6 Å². The second kappa shape index (κ2) is 5.29. The van der Waals surface area contributed by atoms with Gasteiger partial charge in [0.15, 0.2) is 11.9 Å². The molecular weight excluding hydrogens is 274 g/mol. The molecule has 0 amide bonds. The van der Waals surface area contributed by atoms with Crippen molar-refractivity contribution in [2.45, 2.75) is 24.9 Å². The van der Waals surface area contributed by atoms with E-state index in [1.54, 1.807) is 0 Å². The molecule has 8 nitrogen and oxygen atoms in total. The molecule has 0 spiro atoms. The van der Waals surface area contributed by atoms with Crippen molar-refractivity contribution >= 4 is 16.9 Å². The van der Waals surface area contributed by atoms with Crippen molar-refractivity contribution < 1.29 is 14.9 Å². The smallest absolute Gasteiger partial charge is 0.167 e. The zero-order valence-corrected chi connectivity index (χ0v) is 11.1. The lowest BCUT2D eigenvalue weighted by Crippen LogP contribution is -2.24. The quantitative estimate of drug-likeness (QED) is 0.621. The molecule has 0 aromatic carbocycles. The molecule has 1 fully saturated rings. The highest BCUT2D eigenvalue weighted by Crippen LogP contribution is 2.32. The van der Waals surface area contributed by atoms with Crippen molar-refractivity contribution in [1.29, 1.82) is 0 Å². The molecule has 3 heterocycles. The summed E-state index contributed by atoms with van der Waals surface area (Å²) >= 11 is 0. The van der Waals surface area contributed by atoms with Gasteiger partial charge in [-0.3, -0.25) is 0 Å². The second-order valence-corrected chi connectivity index (χ2v) is 4.67. The van der Waals surface area contributed by atoms with Crippen LogP contribution in [0.25, 0.3) is 11.0 Å². The maximum Gasteiger partial charge on any atom is 0.167 e. The van der Waals surface area contributed by atoms with Gasteiger partial charge in [0, 0.05) is 13.3 Å². The SMILES string of the molecule is [CH2]C#Cc1nn([C@H]2CC(O)C(CO)O2)c2ncnc(N)c12. The number of aliphatic hydroxyl groups is 2. The van der Waals surface area contributed by atoms with Crippen molar-refractivity contribution in [3.63, 3.8) is 0 Å². The Labute approximate surface area is 120 Å². The molecule has 2 aromatic rings. The molecule has 3 rings (SSSR count). The first-order chi connectivity index (χ1) is 10.2. The Morgan fingerprint density at radius 2 is 2.33 bits per heavy atom. The van der Waals surface area contributed by atoms with E-state index in [1.807, 2.05) is 0 Å². The number of rotatable bonds is 2. The van der Waals surface area contributed by atoms with Gasteiger partial charge in [0.25, 0.3) is 0 Å². The van der Waals surface area contributed by atoms with Crippen LogP contribution in [0.1, 0.15) is 18.3 Å². The molecule has 2 aromatic heterocycles. The number of fused-ring (bicyclic) bond motifs is 1. The van der Waals surface area contributed by atoms with E-state index in [0.717, 1.165) is 0 Å². The minimum Gasteiger partial charge on any atom is -0.394 e. The zero-order chi connectivity index (χ0) is 15.0. The molecule has 0 bridgehead atoms. The van der Waals surface area contributed by atoms with Crippen LogP contribution in [0.4, 0.5) is 5.82 Å². The Kier molecular flexibility index (Phi) is 3.47. The van der Waals surface area contributed by atoms with Gasteiger partial charge < -0.3 is 20.7 Å². The number of nitrogen functional groups attached to an aromatic ring is 1. The minimum atomic E-state index is -0.763. The summed E-state index contributed by atoms with van der Waals surface area (Å²) < 4.78 is 7.09. The molecule has 0 saturated carbocycles. The van der Waals surface area contributed by atoms with Crippen LogP contribution >= 0.6 is 0 Å². The number of anilines is 1. The van der Waals surface area contributed by atoms with E-state index in [9.17, 15) is 5.11 Å². The summed E-state index contributed by atoms with van der Waals surface area (Å²) in [5.41, 5.74) is 6.73. The van der Waals surface area contributed by atoms with E-state index in [-0.39, 0.29) is 12.4 Å².